The third kappa shape index (κ3) is 4.58. The Morgan fingerprint density at radius 3 is 2.67 bits per heavy atom. The molecule has 1 aliphatic rings. The standard InChI is InChI=1S/C19H23N3O4S/c1-12-4-6-15(27(20,24)25)9-16(12)22-18(23)21-11-13-5-7-17-14(8-13)10-19(2,3)26-17/h4-9H,10-11H2,1-3H3,(H2,20,24,25)(H2,21,22,23). The summed E-state index contributed by atoms with van der Waals surface area (Å²) in [6.07, 6.45) is 0.821. The fourth-order valence-corrected chi connectivity index (χ4v) is 3.57. The second-order valence-corrected chi connectivity index (χ2v) is 8.87. The molecular formula is C19H23N3O4S. The minimum absolute atomic E-state index is 0.0513. The number of primary sulfonamides is 1. The van der Waals surface area contributed by atoms with Gasteiger partial charge in [0.2, 0.25) is 10.0 Å². The van der Waals surface area contributed by atoms with Crippen molar-refractivity contribution in [2.45, 2.75) is 44.2 Å². The van der Waals surface area contributed by atoms with Gasteiger partial charge in [0.25, 0.3) is 0 Å². The summed E-state index contributed by atoms with van der Waals surface area (Å²) in [4.78, 5) is 12.2. The van der Waals surface area contributed by atoms with E-state index in [-0.39, 0.29) is 10.5 Å². The van der Waals surface area contributed by atoms with Gasteiger partial charge >= 0.3 is 6.03 Å². The van der Waals surface area contributed by atoms with E-state index in [1.165, 1.54) is 12.1 Å². The first-order valence-corrected chi connectivity index (χ1v) is 10.1. The molecule has 1 heterocycles. The van der Waals surface area contributed by atoms with Crippen molar-refractivity contribution in [1.82, 2.24) is 5.32 Å². The molecule has 7 nitrogen and oxygen atoms in total. The molecule has 0 bridgehead atoms. The minimum atomic E-state index is -3.83. The molecule has 0 aliphatic carbocycles. The molecule has 4 N–H and O–H groups in total. The summed E-state index contributed by atoms with van der Waals surface area (Å²) in [5.41, 5.74) is 2.99. The highest BCUT2D eigenvalue weighted by Crippen LogP contribution is 2.35. The van der Waals surface area contributed by atoms with Crippen LogP contribution < -0.4 is 20.5 Å². The summed E-state index contributed by atoms with van der Waals surface area (Å²) in [5.74, 6) is 0.878. The summed E-state index contributed by atoms with van der Waals surface area (Å²) < 4.78 is 28.8. The zero-order chi connectivity index (χ0) is 19.8. The smallest absolute Gasteiger partial charge is 0.319 e. The first kappa shape index (κ1) is 19.2. The molecule has 0 spiro atoms. The molecule has 0 atom stereocenters. The van der Waals surface area contributed by atoms with Crippen LogP contribution in [0.1, 0.15) is 30.5 Å². The Morgan fingerprint density at radius 1 is 1.22 bits per heavy atom. The molecule has 0 saturated carbocycles. The quantitative estimate of drug-likeness (QED) is 0.746. The number of nitrogens with two attached hydrogens (primary N) is 1. The van der Waals surface area contributed by atoms with Gasteiger partial charge in [-0.05, 0) is 55.7 Å². The first-order valence-electron chi connectivity index (χ1n) is 8.53. The van der Waals surface area contributed by atoms with Crippen LogP contribution in [0.4, 0.5) is 10.5 Å². The van der Waals surface area contributed by atoms with Gasteiger partial charge < -0.3 is 15.4 Å². The van der Waals surface area contributed by atoms with E-state index in [0.29, 0.717) is 12.2 Å². The van der Waals surface area contributed by atoms with Crippen LogP contribution in [0.15, 0.2) is 41.3 Å². The maximum atomic E-state index is 12.2. The number of urea groups is 1. The highest BCUT2D eigenvalue weighted by Gasteiger charge is 2.29. The minimum Gasteiger partial charge on any atom is -0.487 e. The van der Waals surface area contributed by atoms with Gasteiger partial charge in [0, 0.05) is 18.7 Å². The molecule has 1 aliphatic heterocycles. The molecule has 144 valence electrons. The van der Waals surface area contributed by atoms with Gasteiger partial charge in [0.1, 0.15) is 11.4 Å². The molecule has 3 rings (SSSR count). The first-order chi connectivity index (χ1) is 12.5. The van der Waals surface area contributed by atoms with Gasteiger partial charge in [0.05, 0.1) is 4.90 Å². The zero-order valence-corrected chi connectivity index (χ0v) is 16.3. The molecule has 0 fully saturated rings. The number of anilines is 1. The number of aryl methyl sites for hydroxylation is 1. The van der Waals surface area contributed by atoms with E-state index in [1.54, 1.807) is 13.0 Å². The van der Waals surface area contributed by atoms with E-state index >= 15 is 0 Å². The average Bonchev–Trinajstić information content (AvgIpc) is 2.87. The molecule has 2 amide bonds. The summed E-state index contributed by atoms with van der Waals surface area (Å²) in [6.45, 7) is 6.19. The van der Waals surface area contributed by atoms with Gasteiger partial charge in [0.15, 0.2) is 0 Å². The Labute approximate surface area is 159 Å². The van der Waals surface area contributed by atoms with E-state index < -0.39 is 16.1 Å². The number of fused-ring (bicyclic) bond motifs is 1. The van der Waals surface area contributed by atoms with E-state index in [0.717, 1.165) is 28.9 Å². The van der Waals surface area contributed by atoms with Crippen LogP contribution in [0.5, 0.6) is 5.75 Å². The van der Waals surface area contributed by atoms with Crippen molar-refractivity contribution in [3.63, 3.8) is 0 Å². The van der Waals surface area contributed by atoms with Crippen molar-refractivity contribution in [2.24, 2.45) is 5.14 Å². The Morgan fingerprint density at radius 2 is 1.96 bits per heavy atom. The fraction of sp³-hybridized carbons (Fsp3) is 0.316. The normalized spacial score (nSPS) is 15.0. The van der Waals surface area contributed by atoms with Gasteiger partial charge in [-0.2, -0.15) is 0 Å². The topological polar surface area (TPSA) is 111 Å². The van der Waals surface area contributed by atoms with Crippen LogP contribution in [0.2, 0.25) is 0 Å². The van der Waals surface area contributed by atoms with Crippen molar-refractivity contribution in [3.05, 3.63) is 53.1 Å². The number of carbonyl (C=O) groups is 1. The lowest BCUT2D eigenvalue weighted by Gasteiger charge is -2.16. The zero-order valence-electron chi connectivity index (χ0n) is 15.5. The second-order valence-electron chi connectivity index (χ2n) is 7.31. The monoisotopic (exact) mass is 389 g/mol. The number of carbonyl (C=O) groups excluding carboxylic acids is 1. The Kier molecular flexibility index (Phi) is 4.88. The van der Waals surface area contributed by atoms with Crippen LogP contribution in [0.3, 0.4) is 0 Å². The summed E-state index contributed by atoms with van der Waals surface area (Å²) in [6, 6.07) is 9.77. The molecule has 2 aromatic carbocycles. The number of benzene rings is 2. The van der Waals surface area contributed by atoms with Gasteiger partial charge in [-0.25, -0.2) is 18.4 Å². The summed E-state index contributed by atoms with van der Waals surface area (Å²) in [5, 5.41) is 10.6. The van der Waals surface area contributed by atoms with Crippen LogP contribution in [-0.2, 0) is 23.0 Å². The number of sulfonamides is 1. The molecule has 8 heteroatoms. The lowest BCUT2D eigenvalue weighted by atomic mass is 10.0. The summed E-state index contributed by atoms with van der Waals surface area (Å²) >= 11 is 0. The van der Waals surface area contributed by atoms with E-state index in [4.69, 9.17) is 9.88 Å². The van der Waals surface area contributed by atoms with Gasteiger partial charge in [-0.3, -0.25) is 0 Å². The van der Waals surface area contributed by atoms with Crippen LogP contribution in [0.25, 0.3) is 0 Å². The van der Waals surface area contributed by atoms with Crippen molar-refractivity contribution in [2.75, 3.05) is 5.32 Å². The molecule has 0 aromatic heterocycles. The Bertz CT molecular complexity index is 1000. The number of ether oxygens (including phenoxy) is 1. The Hall–Kier alpha value is -2.58. The highest BCUT2D eigenvalue weighted by molar-refractivity contribution is 7.89. The predicted molar refractivity (Wildman–Crippen MR) is 103 cm³/mol. The SMILES string of the molecule is Cc1ccc(S(N)(=O)=O)cc1NC(=O)NCc1ccc2c(c1)CC(C)(C)O2. The number of nitrogens with one attached hydrogen (secondary N) is 2. The van der Waals surface area contributed by atoms with Gasteiger partial charge in [-0.15, -0.1) is 0 Å². The van der Waals surface area contributed by atoms with Crippen LogP contribution >= 0.6 is 0 Å². The van der Waals surface area contributed by atoms with Crippen molar-refractivity contribution < 1.29 is 17.9 Å². The maximum absolute atomic E-state index is 12.2. The second kappa shape index (κ2) is 6.86. The molecular weight excluding hydrogens is 366 g/mol. The van der Waals surface area contributed by atoms with Crippen LogP contribution in [0, 0.1) is 6.92 Å². The fourth-order valence-electron chi connectivity index (χ4n) is 3.03. The Balaban J connectivity index is 1.65. The lowest BCUT2D eigenvalue weighted by Crippen LogP contribution is -2.28. The largest absolute Gasteiger partial charge is 0.487 e. The number of rotatable bonds is 4. The highest BCUT2D eigenvalue weighted by atomic mass is 32.2. The lowest BCUT2D eigenvalue weighted by molar-refractivity contribution is 0.138. The van der Waals surface area contributed by atoms with E-state index in [1.807, 2.05) is 32.0 Å². The molecule has 0 unspecified atom stereocenters. The molecule has 0 radical (unpaired) electrons. The molecule has 0 saturated heterocycles. The van der Waals surface area contributed by atoms with Crippen LogP contribution in [-0.4, -0.2) is 20.0 Å². The third-order valence-electron chi connectivity index (χ3n) is 4.37. The van der Waals surface area contributed by atoms with Gasteiger partial charge in [-0.1, -0.05) is 18.2 Å². The predicted octanol–water partition coefficient (Wildman–Crippen LogP) is 2.68. The van der Waals surface area contributed by atoms with E-state index in [2.05, 4.69) is 10.6 Å². The number of hydrogen-bond acceptors (Lipinski definition) is 4. The van der Waals surface area contributed by atoms with Crippen molar-refractivity contribution >= 4 is 21.7 Å². The molecule has 27 heavy (non-hydrogen) atoms. The summed E-state index contributed by atoms with van der Waals surface area (Å²) in [7, 11) is -3.83. The van der Waals surface area contributed by atoms with E-state index in [9.17, 15) is 13.2 Å². The number of amides is 2. The average molecular weight is 389 g/mol. The third-order valence-corrected chi connectivity index (χ3v) is 5.28. The van der Waals surface area contributed by atoms with Crippen molar-refractivity contribution in [1.29, 1.82) is 0 Å². The van der Waals surface area contributed by atoms with Crippen molar-refractivity contribution in [3.8, 4) is 5.75 Å². The maximum Gasteiger partial charge on any atom is 0.319 e. The molecule has 2 aromatic rings. The number of hydrogen-bond donors (Lipinski definition) is 3.